The number of carbonyl (C=O) groups is 1. The van der Waals surface area contributed by atoms with Crippen LogP contribution >= 0.6 is 0 Å². The van der Waals surface area contributed by atoms with E-state index < -0.39 is 5.82 Å². The Morgan fingerprint density at radius 2 is 1.73 bits per heavy atom. The van der Waals surface area contributed by atoms with Crippen LogP contribution in [0.3, 0.4) is 0 Å². The average molecular weight is 627 g/mol. The number of halogens is 1. The molecule has 1 amide bonds. The maximum absolute atomic E-state index is 15.0. The van der Waals surface area contributed by atoms with Crippen LogP contribution in [0.5, 0.6) is 5.75 Å². The van der Waals surface area contributed by atoms with Crippen LogP contribution in [0.15, 0.2) is 47.9 Å². The van der Waals surface area contributed by atoms with Crippen LogP contribution in [0.25, 0.3) is 0 Å². The van der Waals surface area contributed by atoms with Crippen molar-refractivity contribution >= 4 is 11.7 Å². The molecule has 0 saturated carbocycles. The summed E-state index contributed by atoms with van der Waals surface area (Å²) in [6.07, 6.45) is 15.6. The van der Waals surface area contributed by atoms with E-state index in [9.17, 15) is 4.79 Å². The second-order valence-electron chi connectivity index (χ2n) is 12.0. The summed E-state index contributed by atoms with van der Waals surface area (Å²) in [4.78, 5) is 20.3. The van der Waals surface area contributed by atoms with Crippen LogP contribution in [0.1, 0.15) is 77.2 Å². The van der Waals surface area contributed by atoms with E-state index in [0.717, 1.165) is 68.5 Å². The lowest BCUT2D eigenvalue weighted by Gasteiger charge is -2.35. The van der Waals surface area contributed by atoms with Crippen LogP contribution < -0.4 is 10.1 Å². The average Bonchev–Trinajstić information content (AvgIpc) is 3.28. The number of nitrogens with zero attached hydrogens (tertiary/aromatic N) is 5. The predicted molar refractivity (Wildman–Crippen MR) is 183 cm³/mol. The van der Waals surface area contributed by atoms with Crippen LogP contribution in [-0.2, 0) is 13.6 Å². The number of aromatic nitrogens is 2. The van der Waals surface area contributed by atoms with E-state index >= 15 is 4.39 Å². The van der Waals surface area contributed by atoms with Gasteiger partial charge in [0.05, 0.1) is 25.0 Å². The van der Waals surface area contributed by atoms with Gasteiger partial charge < -0.3 is 30.2 Å². The summed E-state index contributed by atoms with van der Waals surface area (Å²) < 4.78 is 22.6. The minimum absolute atomic E-state index is 0. The van der Waals surface area contributed by atoms with E-state index in [1.165, 1.54) is 12.5 Å². The summed E-state index contributed by atoms with van der Waals surface area (Å²) in [6.45, 7) is 21.9. The molecule has 0 aliphatic carbocycles. The second kappa shape index (κ2) is 19.0. The van der Waals surface area contributed by atoms with Gasteiger partial charge in [0.15, 0.2) is 11.6 Å². The van der Waals surface area contributed by atoms with Crippen molar-refractivity contribution in [2.45, 2.75) is 67.9 Å². The van der Waals surface area contributed by atoms with Crippen molar-refractivity contribution in [3.63, 3.8) is 0 Å². The Balaban J connectivity index is 0.00000195. The molecule has 4 rings (SSSR count). The molecular weight excluding hydrogens is 571 g/mol. The van der Waals surface area contributed by atoms with Gasteiger partial charge in [-0.2, -0.15) is 5.10 Å². The first kappa shape index (κ1) is 39.4. The van der Waals surface area contributed by atoms with Crippen LogP contribution in [-0.4, -0.2) is 81.7 Å². The molecule has 1 aromatic heterocycles. The van der Waals surface area contributed by atoms with Crippen molar-refractivity contribution in [2.24, 2.45) is 12.5 Å². The smallest absolute Gasteiger partial charge is 0.258 e. The topological polar surface area (TPSA) is 97.4 Å². The van der Waals surface area contributed by atoms with Crippen LogP contribution in [0.4, 0.5) is 10.2 Å². The SMILES string of the molecule is C#C.C/C=C\C1=C(C)Nc2c(cnn2C)CN1C(=O)c1ccc(OCCCN2CCN(CCC(C)(C)C)CC2)c(F)c1.CC.O. The normalized spacial score (nSPS) is 15.5. The van der Waals surface area contributed by atoms with Gasteiger partial charge in [0.25, 0.3) is 5.91 Å². The van der Waals surface area contributed by atoms with Crippen molar-refractivity contribution in [3.05, 3.63) is 64.9 Å². The second-order valence-corrected chi connectivity index (χ2v) is 12.0. The Bertz CT molecular complexity index is 1290. The van der Waals surface area contributed by atoms with Crippen molar-refractivity contribution < 1.29 is 19.4 Å². The van der Waals surface area contributed by atoms with Gasteiger partial charge in [0.1, 0.15) is 5.82 Å². The Hall–Kier alpha value is -3.65. The number of aryl methyl sites for hydroxylation is 1. The Morgan fingerprint density at radius 1 is 1.11 bits per heavy atom. The summed E-state index contributed by atoms with van der Waals surface area (Å²) in [5.74, 6) is 0.211. The number of benzene rings is 1. The molecule has 250 valence electrons. The lowest BCUT2D eigenvalue weighted by Crippen LogP contribution is -2.47. The van der Waals surface area contributed by atoms with Crippen molar-refractivity contribution in [1.82, 2.24) is 24.5 Å². The zero-order valence-electron chi connectivity index (χ0n) is 28.6. The number of piperazine rings is 1. The number of terminal acetylenes is 1. The van der Waals surface area contributed by atoms with Gasteiger partial charge >= 0.3 is 0 Å². The van der Waals surface area contributed by atoms with Gasteiger partial charge in [-0.05, 0) is 62.9 Å². The number of nitrogens with one attached hydrogen (secondary N) is 1. The van der Waals surface area contributed by atoms with E-state index in [1.54, 1.807) is 27.9 Å². The predicted octanol–water partition coefficient (Wildman–Crippen LogP) is 5.71. The third-order valence-electron chi connectivity index (χ3n) is 7.59. The van der Waals surface area contributed by atoms with Crippen LogP contribution in [0.2, 0.25) is 0 Å². The summed E-state index contributed by atoms with van der Waals surface area (Å²) >= 11 is 0. The molecule has 1 aromatic carbocycles. The van der Waals surface area contributed by atoms with Crippen molar-refractivity contribution in [1.29, 1.82) is 0 Å². The molecule has 0 radical (unpaired) electrons. The van der Waals surface area contributed by atoms with E-state index in [4.69, 9.17) is 4.74 Å². The van der Waals surface area contributed by atoms with Gasteiger partial charge in [-0.1, -0.05) is 40.7 Å². The number of ether oxygens (including phenoxy) is 1. The van der Waals surface area contributed by atoms with Gasteiger partial charge in [0, 0.05) is 56.6 Å². The highest BCUT2D eigenvalue weighted by molar-refractivity contribution is 5.96. The lowest BCUT2D eigenvalue weighted by molar-refractivity contribution is 0.0800. The molecule has 3 heterocycles. The van der Waals surface area contributed by atoms with Gasteiger partial charge in [-0.25, -0.2) is 4.39 Å². The number of anilines is 1. The maximum atomic E-state index is 15.0. The standard InChI is InChI=1S/C31H45FN6O2.C2H6.C2H2.H2O/c1-7-9-27-23(2)34-29-25(21-33-35(29)6)22-38(27)30(39)24-10-11-28(26(32)20-24)40-19-8-13-36-15-17-37(18-16-36)14-12-31(3,4)5;2*1-2;/h7,9-11,20-21,34H,8,12-19,22H2,1-6H3;1-2H3;1-2H;1H2/b9-7-;;;. The fourth-order valence-electron chi connectivity index (χ4n) is 5.12. The fraction of sp³-hybridized carbons (Fsp3) is 0.543. The zero-order valence-corrected chi connectivity index (χ0v) is 28.6. The van der Waals surface area contributed by atoms with E-state index in [1.807, 2.05) is 46.9 Å². The van der Waals surface area contributed by atoms with Gasteiger partial charge in [0.2, 0.25) is 0 Å². The third-order valence-corrected chi connectivity index (χ3v) is 7.59. The molecule has 3 N–H and O–H groups in total. The number of hydrogen-bond donors (Lipinski definition) is 1. The Labute approximate surface area is 270 Å². The monoisotopic (exact) mass is 626 g/mol. The van der Waals surface area contributed by atoms with Crippen molar-refractivity contribution in [2.75, 3.05) is 51.2 Å². The molecule has 2 aliphatic heterocycles. The molecule has 0 unspecified atom stereocenters. The van der Waals surface area contributed by atoms with Crippen molar-refractivity contribution in [3.8, 4) is 18.6 Å². The summed E-state index contributed by atoms with van der Waals surface area (Å²) in [7, 11) is 1.86. The minimum atomic E-state index is -0.526. The molecule has 1 saturated heterocycles. The first-order valence-electron chi connectivity index (χ1n) is 15.7. The van der Waals surface area contributed by atoms with E-state index in [2.05, 4.69) is 53.8 Å². The molecule has 9 nitrogen and oxygen atoms in total. The van der Waals surface area contributed by atoms with E-state index in [-0.39, 0.29) is 22.7 Å². The molecule has 2 aromatic rings. The number of rotatable bonds is 9. The van der Waals surface area contributed by atoms with E-state index in [0.29, 0.717) is 18.6 Å². The number of carbonyl (C=O) groups excluding carboxylic acids is 1. The molecule has 2 aliphatic rings. The number of fused-ring (bicyclic) bond motifs is 1. The molecule has 0 spiro atoms. The Morgan fingerprint density at radius 3 is 2.31 bits per heavy atom. The molecule has 0 bridgehead atoms. The minimum Gasteiger partial charge on any atom is -0.490 e. The van der Waals surface area contributed by atoms with Gasteiger partial charge in [-0.3, -0.25) is 9.48 Å². The number of amides is 1. The highest BCUT2D eigenvalue weighted by Crippen LogP contribution is 2.29. The molecule has 1 fully saturated rings. The number of hydrogen-bond acceptors (Lipinski definition) is 6. The largest absolute Gasteiger partial charge is 0.490 e. The zero-order chi connectivity index (χ0) is 32.9. The maximum Gasteiger partial charge on any atom is 0.258 e. The Kier molecular flexibility index (Phi) is 16.6. The molecule has 0 atom stereocenters. The summed E-state index contributed by atoms with van der Waals surface area (Å²) in [5, 5.41) is 7.68. The third kappa shape index (κ3) is 11.3. The quantitative estimate of drug-likeness (QED) is 0.283. The molecule has 10 heteroatoms. The summed E-state index contributed by atoms with van der Waals surface area (Å²) in [5.41, 5.74) is 3.09. The van der Waals surface area contributed by atoms with Crippen LogP contribution in [0, 0.1) is 24.1 Å². The first-order valence-corrected chi connectivity index (χ1v) is 15.7. The highest BCUT2D eigenvalue weighted by Gasteiger charge is 2.27. The summed E-state index contributed by atoms with van der Waals surface area (Å²) in [6, 6.07) is 4.48. The molecular formula is C35H55FN6O3. The number of allylic oxidation sites excluding steroid dienone is 3. The fourth-order valence-corrected chi connectivity index (χ4v) is 5.12. The van der Waals surface area contributed by atoms with Gasteiger partial charge in [-0.15, -0.1) is 12.8 Å². The molecule has 45 heavy (non-hydrogen) atoms. The highest BCUT2D eigenvalue weighted by atomic mass is 19.1. The first-order chi connectivity index (χ1) is 21.1. The lowest BCUT2D eigenvalue weighted by atomic mass is 9.92.